The minimum Gasteiger partial charge on any atom is -0.396 e. The largest absolute Gasteiger partial charge is 0.396 e. The molecule has 2 aromatic rings. The summed E-state index contributed by atoms with van der Waals surface area (Å²) in [5.41, 5.74) is 2.70. The van der Waals surface area contributed by atoms with E-state index in [-0.39, 0.29) is 12.6 Å². The van der Waals surface area contributed by atoms with E-state index >= 15 is 0 Å². The lowest BCUT2D eigenvalue weighted by molar-refractivity contribution is -0.0410. The first kappa shape index (κ1) is 21.5. The molecule has 1 aromatic carbocycles. The van der Waals surface area contributed by atoms with Crippen LogP contribution in [0.1, 0.15) is 31.5 Å². The van der Waals surface area contributed by atoms with Crippen molar-refractivity contribution in [3.8, 4) is 11.4 Å². The molecule has 1 atom stereocenters. The Hall–Kier alpha value is -2.75. The van der Waals surface area contributed by atoms with E-state index in [0.717, 1.165) is 35.7 Å². The van der Waals surface area contributed by atoms with Gasteiger partial charge in [-0.15, -0.1) is 0 Å². The molecule has 9 heteroatoms. The molecule has 1 aromatic heterocycles. The molecule has 1 saturated heterocycles. The van der Waals surface area contributed by atoms with Crippen LogP contribution in [0.25, 0.3) is 11.4 Å². The first-order chi connectivity index (χ1) is 15.0. The Morgan fingerprint density at radius 3 is 2.65 bits per heavy atom. The van der Waals surface area contributed by atoms with Crippen LogP contribution in [-0.2, 0) is 21.7 Å². The summed E-state index contributed by atoms with van der Waals surface area (Å²) < 4.78 is 11.6. The van der Waals surface area contributed by atoms with Crippen LogP contribution in [-0.4, -0.2) is 60.6 Å². The van der Waals surface area contributed by atoms with Crippen molar-refractivity contribution < 1.29 is 19.4 Å². The minimum absolute atomic E-state index is 0.0162. The van der Waals surface area contributed by atoms with Crippen molar-refractivity contribution in [2.45, 2.75) is 32.5 Å². The van der Waals surface area contributed by atoms with Gasteiger partial charge in [0, 0.05) is 49.5 Å². The van der Waals surface area contributed by atoms with E-state index in [1.54, 1.807) is 0 Å². The third-order valence-corrected chi connectivity index (χ3v) is 5.66. The van der Waals surface area contributed by atoms with Crippen molar-refractivity contribution in [3.05, 3.63) is 35.5 Å². The van der Waals surface area contributed by atoms with Crippen molar-refractivity contribution in [3.63, 3.8) is 0 Å². The molecule has 0 spiro atoms. The third kappa shape index (κ3) is 4.48. The van der Waals surface area contributed by atoms with Crippen molar-refractivity contribution in [1.82, 2.24) is 15.3 Å². The van der Waals surface area contributed by atoms with Gasteiger partial charge in [-0.1, -0.05) is 0 Å². The maximum absolute atomic E-state index is 11.8. The molecule has 0 saturated carbocycles. The van der Waals surface area contributed by atoms with Crippen LogP contribution in [0.4, 0.5) is 16.3 Å². The molecule has 9 nitrogen and oxygen atoms in total. The average molecular weight is 428 g/mol. The predicted octanol–water partition coefficient (Wildman–Crippen LogP) is 2.25. The fraction of sp³-hybridized carbons (Fsp3) is 0.500. The number of benzene rings is 1. The summed E-state index contributed by atoms with van der Waals surface area (Å²) in [4.78, 5) is 23.7. The number of morpholine rings is 1. The van der Waals surface area contributed by atoms with Gasteiger partial charge >= 0.3 is 6.03 Å². The lowest BCUT2D eigenvalue weighted by Crippen LogP contribution is -2.37. The van der Waals surface area contributed by atoms with Crippen molar-refractivity contribution in [2.75, 3.05) is 49.7 Å². The molecular formula is C22H29N5O4. The van der Waals surface area contributed by atoms with Crippen molar-refractivity contribution in [2.24, 2.45) is 0 Å². The van der Waals surface area contributed by atoms with Gasteiger partial charge in [0.25, 0.3) is 0 Å². The normalized spacial score (nSPS) is 20.4. The van der Waals surface area contributed by atoms with Gasteiger partial charge in [-0.05, 0) is 38.1 Å². The first-order valence-electron chi connectivity index (χ1n) is 10.7. The molecule has 4 rings (SSSR count). The van der Waals surface area contributed by atoms with Gasteiger partial charge in [0.2, 0.25) is 0 Å². The van der Waals surface area contributed by atoms with Crippen LogP contribution in [0.2, 0.25) is 0 Å². The van der Waals surface area contributed by atoms with Crippen LogP contribution >= 0.6 is 0 Å². The monoisotopic (exact) mass is 427 g/mol. The molecule has 166 valence electrons. The van der Waals surface area contributed by atoms with Gasteiger partial charge in [-0.3, -0.25) is 0 Å². The van der Waals surface area contributed by atoms with Gasteiger partial charge in [0.1, 0.15) is 11.4 Å². The van der Waals surface area contributed by atoms with E-state index < -0.39 is 5.60 Å². The molecule has 3 N–H and O–H groups in total. The highest BCUT2D eigenvalue weighted by Gasteiger charge is 2.40. The molecule has 0 unspecified atom stereocenters. The van der Waals surface area contributed by atoms with Crippen LogP contribution < -0.4 is 15.5 Å². The second-order valence-electron chi connectivity index (χ2n) is 7.85. The molecule has 2 aliphatic rings. The number of nitrogens with zero attached hydrogens (tertiary/aromatic N) is 3. The van der Waals surface area contributed by atoms with E-state index in [2.05, 4.69) is 15.5 Å². The molecule has 0 aliphatic carbocycles. The Labute approximate surface area is 181 Å². The van der Waals surface area contributed by atoms with Crippen molar-refractivity contribution >= 4 is 17.5 Å². The zero-order chi connectivity index (χ0) is 21.8. The summed E-state index contributed by atoms with van der Waals surface area (Å²) in [6.07, 6.45) is 0.467. The van der Waals surface area contributed by atoms with Crippen molar-refractivity contribution in [1.29, 1.82) is 0 Å². The lowest BCUT2D eigenvalue weighted by Gasteiger charge is -2.30. The quantitative estimate of drug-likeness (QED) is 0.649. The number of aliphatic hydroxyl groups excluding tert-OH is 1. The second kappa shape index (κ2) is 9.17. The van der Waals surface area contributed by atoms with E-state index in [4.69, 9.17) is 19.4 Å². The number of anilines is 2. The molecule has 0 radical (unpaired) electrons. The fourth-order valence-corrected chi connectivity index (χ4v) is 3.95. The number of aromatic nitrogens is 2. The summed E-state index contributed by atoms with van der Waals surface area (Å²) in [7, 11) is 0. The summed E-state index contributed by atoms with van der Waals surface area (Å²) in [5, 5.41) is 15.1. The highest BCUT2D eigenvalue weighted by atomic mass is 16.5. The number of aliphatic hydroxyl groups is 1. The zero-order valence-electron chi connectivity index (χ0n) is 18.0. The number of fused-ring (bicyclic) bond motifs is 1. The van der Waals surface area contributed by atoms with E-state index in [1.165, 1.54) is 0 Å². The highest BCUT2D eigenvalue weighted by Crippen LogP contribution is 2.42. The Morgan fingerprint density at radius 2 is 1.97 bits per heavy atom. The maximum atomic E-state index is 11.8. The topological polar surface area (TPSA) is 109 Å². The molecule has 1 fully saturated rings. The first-order valence-corrected chi connectivity index (χ1v) is 10.7. The van der Waals surface area contributed by atoms with E-state index in [9.17, 15) is 9.90 Å². The van der Waals surface area contributed by atoms with Gasteiger partial charge in [-0.2, -0.15) is 0 Å². The van der Waals surface area contributed by atoms with Gasteiger partial charge in [-0.25, -0.2) is 14.8 Å². The Bertz CT molecular complexity index is 930. The number of rotatable bonds is 6. The van der Waals surface area contributed by atoms with E-state index in [1.807, 2.05) is 38.1 Å². The summed E-state index contributed by atoms with van der Waals surface area (Å²) in [6, 6.07) is 7.21. The summed E-state index contributed by atoms with van der Waals surface area (Å²) in [6.45, 7) is 7.67. The number of ether oxygens (including phenoxy) is 2. The Kier molecular flexibility index (Phi) is 6.35. The number of hydrogen-bond acceptors (Lipinski definition) is 7. The summed E-state index contributed by atoms with van der Waals surface area (Å²) in [5.74, 6) is 1.47. The zero-order valence-corrected chi connectivity index (χ0v) is 18.0. The minimum atomic E-state index is -0.650. The molecular weight excluding hydrogens is 398 g/mol. The van der Waals surface area contributed by atoms with Crippen LogP contribution in [0, 0.1) is 0 Å². The lowest BCUT2D eigenvalue weighted by atomic mass is 9.96. The number of amides is 2. The Balaban J connectivity index is 1.70. The van der Waals surface area contributed by atoms with Gasteiger partial charge in [0.05, 0.1) is 25.5 Å². The van der Waals surface area contributed by atoms with Gasteiger partial charge in [0.15, 0.2) is 5.82 Å². The molecule has 0 bridgehead atoms. The van der Waals surface area contributed by atoms with Crippen LogP contribution in [0.3, 0.4) is 0 Å². The van der Waals surface area contributed by atoms with Gasteiger partial charge < -0.3 is 30.1 Å². The number of urea groups is 1. The number of hydrogen-bond donors (Lipinski definition) is 3. The highest BCUT2D eigenvalue weighted by molar-refractivity contribution is 5.89. The third-order valence-electron chi connectivity index (χ3n) is 5.66. The van der Waals surface area contributed by atoms with Crippen LogP contribution in [0.5, 0.6) is 0 Å². The standard InChI is InChI=1S/C22H29N5O4/c1-3-23-21(29)24-16-6-4-15(5-7-16)19-25-18-17(14-31-22(18,2)8-11-28)20(26-19)27-9-12-30-13-10-27/h4-7,28H,3,8-14H2,1-2H3,(H2,23,24,29)/t22-/m1/s1. The number of carbonyl (C=O) groups excluding carboxylic acids is 1. The smallest absolute Gasteiger partial charge is 0.319 e. The molecule has 2 aliphatic heterocycles. The average Bonchev–Trinajstić information content (AvgIpc) is 3.11. The van der Waals surface area contributed by atoms with Crippen LogP contribution in [0.15, 0.2) is 24.3 Å². The maximum Gasteiger partial charge on any atom is 0.319 e. The molecule has 31 heavy (non-hydrogen) atoms. The predicted molar refractivity (Wildman–Crippen MR) is 117 cm³/mol. The molecule has 2 amide bonds. The Morgan fingerprint density at radius 1 is 1.23 bits per heavy atom. The number of nitrogens with one attached hydrogen (secondary N) is 2. The SMILES string of the molecule is CCNC(=O)Nc1ccc(-c2nc(N3CCOCC3)c3c(n2)[C@@](C)(CCO)OC3)cc1. The summed E-state index contributed by atoms with van der Waals surface area (Å²) >= 11 is 0. The number of carbonyl (C=O) groups is 1. The second-order valence-corrected chi connectivity index (χ2v) is 7.85. The van der Waals surface area contributed by atoms with E-state index in [0.29, 0.717) is 44.3 Å². The molecule has 3 heterocycles. The fourth-order valence-electron chi connectivity index (χ4n) is 3.95.